The van der Waals surface area contributed by atoms with Crippen molar-refractivity contribution in [3.05, 3.63) is 24.2 Å². The Hall–Kier alpha value is -0.800. The van der Waals surface area contributed by atoms with Gasteiger partial charge >= 0.3 is 0 Å². The molecule has 14 heavy (non-hydrogen) atoms. The molecule has 1 aliphatic heterocycles. The minimum Gasteiger partial charge on any atom is -0.472 e. The fourth-order valence-electron chi connectivity index (χ4n) is 2.23. The SMILES string of the molecule is CC1(C)CN(C(CN)c2ccoc2)C1. The standard InChI is InChI=1S/C11H18N2O/c1-11(2)7-13(8-11)10(5-12)9-3-4-14-6-9/h3-4,6,10H,5,7-8,12H2,1-2H3. The van der Waals surface area contributed by atoms with E-state index in [2.05, 4.69) is 18.7 Å². The summed E-state index contributed by atoms with van der Waals surface area (Å²) in [7, 11) is 0. The smallest absolute Gasteiger partial charge is 0.0950 e. The van der Waals surface area contributed by atoms with Crippen LogP contribution >= 0.6 is 0 Å². The normalized spacial score (nSPS) is 23.1. The summed E-state index contributed by atoms with van der Waals surface area (Å²) in [5.41, 5.74) is 7.43. The van der Waals surface area contributed by atoms with Crippen LogP contribution in [0.15, 0.2) is 23.0 Å². The van der Waals surface area contributed by atoms with Crippen LogP contribution in [0, 0.1) is 5.41 Å². The Balaban J connectivity index is 2.02. The topological polar surface area (TPSA) is 42.4 Å². The monoisotopic (exact) mass is 194 g/mol. The minimum absolute atomic E-state index is 0.335. The lowest BCUT2D eigenvalue weighted by atomic mass is 9.82. The van der Waals surface area contributed by atoms with Crippen molar-refractivity contribution >= 4 is 0 Å². The molecule has 2 heterocycles. The average Bonchev–Trinajstić information content (AvgIpc) is 2.55. The first kappa shape index (κ1) is 9.74. The van der Waals surface area contributed by atoms with Gasteiger partial charge < -0.3 is 10.2 Å². The highest BCUT2D eigenvalue weighted by atomic mass is 16.3. The van der Waals surface area contributed by atoms with Gasteiger partial charge in [-0.1, -0.05) is 13.8 Å². The fourth-order valence-corrected chi connectivity index (χ4v) is 2.23. The van der Waals surface area contributed by atoms with Crippen LogP contribution in [0.4, 0.5) is 0 Å². The highest BCUT2D eigenvalue weighted by Gasteiger charge is 2.38. The van der Waals surface area contributed by atoms with Crippen molar-refractivity contribution in [2.75, 3.05) is 19.6 Å². The largest absolute Gasteiger partial charge is 0.472 e. The molecular formula is C11H18N2O. The van der Waals surface area contributed by atoms with E-state index in [-0.39, 0.29) is 0 Å². The van der Waals surface area contributed by atoms with Crippen LogP contribution in [0.25, 0.3) is 0 Å². The van der Waals surface area contributed by atoms with Crippen molar-refractivity contribution < 1.29 is 4.42 Å². The summed E-state index contributed by atoms with van der Waals surface area (Å²) in [5.74, 6) is 0. The summed E-state index contributed by atoms with van der Waals surface area (Å²) in [6, 6.07) is 2.34. The van der Waals surface area contributed by atoms with E-state index in [1.54, 1.807) is 12.5 Å². The number of hydrogen-bond donors (Lipinski definition) is 1. The van der Waals surface area contributed by atoms with E-state index in [9.17, 15) is 0 Å². The predicted octanol–water partition coefficient (Wildman–Crippen LogP) is 1.62. The third-order valence-electron chi connectivity index (χ3n) is 2.85. The van der Waals surface area contributed by atoms with Gasteiger partial charge in [0.15, 0.2) is 0 Å². The molecule has 2 N–H and O–H groups in total. The Labute approximate surface area is 84.9 Å². The molecule has 3 nitrogen and oxygen atoms in total. The number of furan rings is 1. The highest BCUT2D eigenvalue weighted by Crippen LogP contribution is 2.35. The zero-order valence-corrected chi connectivity index (χ0v) is 8.86. The molecule has 78 valence electrons. The Morgan fingerprint density at radius 3 is 2.71 bits per heavy atom. The van der Waals surface area contributed by atoms with Gasteiger partial charge in [0.25, 0.3) is 0 Å². The number of likely N-dealkylation sites (tertiary alicyclic amines) is 1. The quantitative estimate of drug-likeness (QED) is 0.795. The van der Waals surface area contributed by atoms with Gasteiger partial charge in [-0.3, -0.25) is 4.90 Å². The first-order valence-electron chi connectivity index (χ1n) is 5.09. The van der Waals surface area contributed by atoms with Crippen molar-refractivity contribution in [2.24, 2.45) is 11.1 Å². The van der Waals surface area contributed by atoms with Crippen molar-refractivity contribution in [1.29, 1.82) is 0 Å². The average molecular weight is 194 g/mol. The summed E-state index contributed by atoms with van der Waals surface area (Å²) >= 11 is 0. The second-order valence-electron chi connectivity index (χ2n) is 4.88. The van der Waals surface area contributed by atoms with E-state index in [0.29, 0.717) is 18.0 Å². The van der Waals surface area contributed by atoms with Gasteiger partial charge in [0.1, 0.15) is 0 Å². The maximum atomic E-state index is 5.78. The van der Waals surface area contributed by atoms with Crippen LogP contribution in [0.3, 0.4) is 0 Å². The Kier molecular flexibility index (Phi) is 2.37. The van der Waals surface area contributed by atoms with E-state index in [1.165, 1.54) is 5.56 Å². The lowest BCUT2D eigenvalue weighted by Crippen LogP contribution is -2.55. The zero-order valence-electron chi connectivity index (χ0n) is 8.86. The molecule has 1 aromatic rings. The molecule has 0 amide bonds. The molecule has 2 rings (SSSR count). The molecule has 0 radical (unpaired) electrons. The van der Waals surface area contributed by atoms with Crippen LogP contribution < -0.4 is 5.73 Å². The van der Waals surface area contributed by atoms with Crippen LogP contribution in [-0.4, -0.2) is 24.5 Å². The summed E-state index contributed by atoms with van der Waals surface area (Å²) in [6.07, 6.45) is 3.51. The molecular weight excluding hydrogens is 176 g/mol. The van der Waals surface area contributed by atoms with Crippen LogP contribution in [0.1, 0.15) is 25.5 Å². The van der Waals surface area contributed by atoms with E-state index in [0.717, 1.165) is 13.1 Å². The van der Waals surface area contributed by atoms with Crippen molar-refractivity contribution in [3.63, 3.8) is 0 Å². The van der Waals surface area contributed by atoms with Crippen molar-refractivity contribution in [2.45, 2.75) is 19.9 Å². The van der Waals surface area contributed by atoms with Gasteiger partial charge in [-0.2, -0.15) is 0 Å². The molecule has 1 saturated heterocycles. The molecule has 1 atom stereocenters. The lowest BCUT2D eigenvalue weighted by Gasteiger charge is -2.49. The fraction of sp³-hybridized carbons (Fsp3) is 0.636. The van der Waals surface area contributed by atoms with Gasteiger partial charge in [0, 0.05) is 25.2 Å². The second-order valence-corrected chi connectivity index (χ2v) is 4.88. The Morgan fingerprint density at radius 2 is 2.29 bits per heavy atom. The Morgan fingerprint density at radius 1 is 1.57 bits per heavy atom. The van der Waals surface area contributed by atoms with Crippen LogP contribution in [0.2, 0.25) is 0 Å². The van der Waals surface area contributed by atoms with Gasteiger partial charge in [0.05, 0.1) is 18.6 Å². The van der Waals surface area contributed by atoms with Gasteiger partial charge in [-0.15, -0.1) is 0 Å². The molecule has 0 aliphatic carbocycles. The van der Waals surface area contributed by atoms with Gasteiger partial charge in [-0.05, 0) is 11.5 Å². The number of rotatable bonds is 3. The van der Waals surface area contributed by atoms with Gasteiger partial charge in [0.2, 0.25) is 0 Å². The molecule has 3 heteroatoms. The van der Waals surface area contributed by atoms with Crippen LogP contribution in [-0.2, 0) is 0 Å². The van der Waals surface area contributed by atoms with E-state index < -0.39 is 0 Å². The number of nitrogens with two attached hydrogens (primary N) is 1. The van der Waals surface area contributed by atoms with Crippen molar-refractivity contribution in [1.82, 2.24) is 4.90 Å². The number of nitrogens with zero attached hydrogens (tertiary/aromatic N) is 1. The van der Waals surface area contributed by atoms with E-state index >= 15 is 0 Å². The first-order valence-corrected chi connectivity index (χ1v) is 5.09. The molecule has 1 unspecified atom stereocenters. The molecule has 1 aliphatic rings. The summed E-state index contributed by atoms with van der Waals surface area (Å²) in [5, 5.41) is 0. The third kappa shape index (κ3) is 1.70. The molecule has 1 aromatic heterocycles. The molecule has 0 aromatic carbocycles. The maximum absolute atomic E-state index is 5.78. The molecule has 0 spiro atoms. The second kappa shape index (κ2) is 3.41. The maximum Gasteiger partial charge on any atom is 0.0950 e. The molecule has 0 bridgehead atoms. The molecule has 1 fully saturated rings. The zero-order chi connectivity index (χ0) is 10.2. The summed E-state index contributed by atoms with van der Waals surface area (Å²) in [4.78, 5) is 2.41. The van der Waals surface area contributed by atoms with E-state index in [1.807, 2.05) is 6.07 Å². The number of hydrogen-bond acceptors (Lipinski definition) is 3. The molecule has 0 saturated carbocycles. The highest BCUT2D eigenvalue weighted by molar-refractivity contribution is 5.14. The Bertz CT molecular complexity index is 284. The summed E-state index contributed by atoms with van der Waals surface area (Å²) < 4.78 is 5.09. The third-order valence-corrected chi connectivity index (χ3v) is 2.85. The van der Waals surface area contributed by atoms with Crippen LogP contribution in [0.5, 0.6) is 0 Å². The predicted molar refractivity (Wildman–Crippen MR) is 55.9 cm³/mol. The van der Waals surface area contributed by atoms with Crippen molar-refractivity contribution in [3.8, 4) is 0 Å². The first-order chi connectivity index (χ1) is 6.62. The summed E-state index contributed by atoms with van der Waals surface area (Å²) in [6.45, 7) is 7.48. The van der Waals surface area contributed by atoms with Gasteiger partial charge in [-0.25, -0.2) is 0 Å². The lowest BCUT2D eigenvalue weighted by molar-refractivity contribution is -0.00426. The minimum atomic E-state index is 0.335. The van der Waals surface area contributed by atoms with E-state index in [4.69, 9.17) is 10.2 Å².